The fourth-order valence-electron chi connectivity index (χ4n) is 2.77. The molecule has 0 aliphatic carbocycles. The van der Waals surface area contributed by atoms with Crippen molar-refractivity contribution in [3.63, 3.8) is 0 Å². The van der Waals surface area contributed by atoms with Crippen molar-refractivity contribution in [2.75, 3.05) is 32.9 Å². The van der Waals surface area contributed by atoms with E-state index in [0.29, 0.717) is 37.6 Å². The van der Waals surface area contributed by atoms with Gasteiger partial charge in [-0.1, -0.05) is 24.3 Å². The summed E-state index contributed by atoms with van der Waals surface area (Å²) in [5.41, 5.74) is 0.470. The number of rotatable bonds is 10. The van der Waals surface area contributed by atoms with Crippen LogP contribution in [0.5, 0.6) is 11.5 Å². The van der Waals surface area contributed by atoms with E-state index in [1.165, 1.54) is 0 Å². The van der Waals surface area contributed by atoms with E-state index in [0.717, 1.165) is 12.2 Å². The molecule has 148 valence electrons. The summed E-state index contributed by atoms with van der Waals surface area (Å²) in [4.78, 5) is 24.7. The molecule has 0 atom stereocenters. The third kappa shape index (κ3) is 5.72. The molecule has 1 amide bonds. The molecule has 1 aliphatic rings. The highest BCUT2D eigenvalue weighted by molar-refractivity contribution is 5.95. The van der Waals surface area contributed by atoms with Crippen LogP contribution in [0.2, 0.25) is 0 Å². The Balaban J connectivity index is 1.34. The zero-order valence-electron chi connectivity index (χ0n) is 15.5. The molecule has 28 heavy (non-hydrogen) atoms. The third-order valence-electron chi connectivity index (χ3n) is 4.23. The number of para-hydroxylation sites is 1. The van der Waals surface area contributed by atoms with E-state index in [9.17, 15) is 9.59 Å². The summed E-state index contributed by atoms with van der Waals surface area (Å²) in [7, 11) is 0. The zero-order chi connectivity index (χ0) is 19.8. The average molecular weight is 385 g/mol. The van der Waals surface area contributed by atoms with Crippen molar-refractivity contribution in [1.29, 1.82) is 0 Å². The molecule has 0 aromatic heterocycles. The third-order valence-corrected chi connectivity index (χ3v) is 4.23. The Kier molecular flexibility index (Phi) is 6.86. The number of likely N-dealkylation sites (tertiary alicyclic amines) is 1. The molecule has 2 aromatic carbocycles. The first kappa shape index (κ1) is 19.7. The molecular formula is C21H23NO6. The second-order valence-corrected chi connectivity index (χ2v) is 6.43. The van der Waals surface area contributed by atoms with E-state index in [2.05, 4.69) is 0 Å². The highest BCUT2D eigenvalue weighted by Crippen LogP contribution is 2.19. The topological polar surface area (TPSA) is 85.3 Å². The molecule has 7 heteroatoms. The van der Waals surface area contributed by atoms with Crippen LogP contribution in [0.4, 0.5) is 0 Å². The normalized spacial score (nSPS) is 13.6. The number of hydrogen-bond donors (Lipinski definition) is 1. The number of carbonyl (C=O) groups excluding carboxylic acids is 1. The van der Waals surface area contributed by atoms with Crippen molar-refractivity contribution < 1.29 is 28.9 Å². The lowest BCUT2D eigenvalue weighted by molar-refractivity contribution is -0.139. The van der Waals surface area contributed by atoms with Crippen molar-refractivity contribution in [2.24, 2.45) is 0 Å². The maximum Gasteiger partial charge on any atom is 0.341 e. The van der Waals surface area contributed by atoms with Gasteiger partial charge in [0.1, 0.15) is 11.5 Å². The van der Waals surface area contributed by atoms with Gasteiger partial charge in [-0.2, -0.15) is 0 Å². The Morgan fingerprint density at radius 1 is 0.964 bits per heavy atom. The number of amides is 1. The minimum absolute atomic E-state index is 0.0344. The van der Waals surface area contributed by atoms with Crippen LogP contribution in [0.25, 0.3) is 0 Å². The summed E-state index contributed by atoms with van der Waals surface area (Å²) in [5.74, 6) is 0.0270. The second kappa shape index (κ2) is 9.75. The first-order valence-electron chi connectivity index (χ1n) is 9.15. The maximum absolute atomic E-state index is 12.5. The Labute approximate surface area is 163 Å². The number of carbonyl (C=O) groups is 2. The number of carboxylic acids is 1. The average Bonchev–Trinajstić information content (AvgIpc) is 2.68. The lowest BCUT2D eigenvalue weighted by Gasteiger charge is -2.39. The van der Waals surface area contributed by atoms with E-state index in [1.807, 2.05) is 30.3 Å². The van der Waals surface area contributed by atoms with E-state index >= 15 is 0 Å². The van der Waals surface area contributed by atoms with Crippen LogP contribution < -0.4 is 9.47 Å². The molecule has 0 bridgehead atoms. The van der Waals surface area contributed by atoms with Gasteiger partial charge < -0.3 is 24.2 Å². The van der Waals surface area contributed by atoms with Gasteiger partial charge in [-0.3, -0.25) is 4.79 Å². The second-order valence-electron chi connectivity index (χ2n) is 6.43. The molecule has 2 aromatic rings. The van der Waals surface area contributed by atoms with Gasteiger partial charge >= 0.3 is 5.97 Å². The fraction of sp³-hybridized carbons (Fsp3) is 0.333. The number of nitrogens with zero attached hydrogens (tertiary/aromatic N) is 1. The van der Waals surface area contributed by atoms with Crippen molar-refractivity contribution in [3.8, 4) is 11.5 Å². The fourth-order valence-corrected chi connectivity index (χ4v) is 2.77. The van der Waals surface area contributed by atoms with E-state index in [1.54, 1.807) is 29.2 Å². The largest absolute Gasteiger partial charge is 0.494 e. The van der Waals surface area contributed by atoms with Crippen molar-refractivity contribution >= 4 is 11.9 Å². The monoisotopic (exact) mass is 385 g/mol. The quantitative estimate of drug-likeness (QED) is 0.633. The van der Waals surface area contributed by atoms with Gasteiger partial charge in [0.05, 0.1) is 19.3 Å². The van der Waals surface area contributed by atoms with Crippen LogP contribution in [0.3, 0.4) is 0 Å². The van der Waals surface area contributed by atoms with Gasteiger partial charge in [-0.15, -0.1) is 0 Å². The highest BCUT2D eigenvalue weighted by atomic mass is 16.5. The van der Waals surface area contributed by atoms with Crippen molar-refractivity contribution in [3.05, 3.63) is 60.2 Å². The first-order valence-corrected chi connectivity index (χ1v) is 9.15. The molecule has 0 radical (unpaired) electrons. The van der Waals surface area contributed by atoms with Gasteiger partial charge in [0.15, 0.2) is 6.61 Å². The summed E-state index contributed by atoms with van der Waals surface area (Å²) in [6.07, 6.45) is 0.814. The molecular weight excluding hydrogens is 362 g/mol. The van der Waals surface area contributed by atoms with Crippen LogP contribution in [-0.4, -0.2) is 60.9 Å². The number of carboxylic acid groups (broad SMARTS) is 1. The van der Waals surface area contributed by atoms with Crippen LogP contribution in [0.15, 0.2) is 54.6 Å². The predicted molar refractivity (Wildman–Crippen MR) is 102 cm³/mol. The molecule has 3 rings (SSSR count). The first-order chi connectivity index (χ1) is 13.6. The summed E-state index contributed by atoms with van der Waals surface area (Å²) < 4.78 is 16.5. The van der Waals surface area contributed by atoms with Crippen LogP contribution >= 0.6 is 0 Å². The summed E-state index contributed by atoms with van der Waals surface area (Å²) in [6.45, 7) is 1.81. The predicted octanol–water partition coefficient (Wildman–Crippen LogP) is 2.46. The molecule has 1 fully saturated rings. The lowest BCUT2D eigenvalue weighted by atomic mass is 10.1. The minimum Gasteiger partial charge on any atom is -0.494 e. The standard InChI is InChI=1S/C21H23NO6/c23-20(24)15-28-18-9-4-6-16(12-18)21(25)22-13-19(14-22)27-11-5-10-26-17-7-2-1-3-8-17/h1-4,6-9,12,19H,5,10-11,13-15H2,(H,23,24). The number of ether oxygens (including phenoxy) is 3. The number of aliphatic carboxylic acids is 1. The molecule has 1 saturated heterocycles. The smallest absolute Gasteiger partial charge is 0.341 e. The lowest BCUT2D eigenvalue weighted by Crippen LogP contribution is -2.54. The van der Waals surface area contributed by atoms with Gasteiger partial charge in [0, 0.05) is 25.1 Å². The van der Waals surface area contributed by atoms with Gasteiger partial charge in [0.25, 0.3) is 5.91 Å². The Morgan fingerprint density at radius 2 is 1.71 bits per heavy atom. The molecule has 0 unspecified atom stereocenters. The Morgan fingerprint density at radius 3 is 2.46 bits per heavy atom. The van der Waals surface area contributed by atoms with E-state index in [4.69, 9.17) is 19.3 Å². The van der Waals surface area contributed by atoms with E-state index in [-0.39, 0.29) is 12.0 Å². The maximum atomic E-state index is 12.5. The van der Waals surface area contributed by atoms with Gasteiger partial charge in [-0.25, -0.2) is 4.79 Å². The van der Waals surface area contributed by atoms with E-state index < -0.39 is 12.6 Å². The Hall–Kier alpha value is -3.06. The minimum atomic E-state index is -1.06. The van der Waals surface area contributed by atoms with Crippen molar-refractivity contribution in [2.45, 2.75) is 12.5 Å². The van der Waals surface area contributed by atoms with Crippen LogP contribution in [0.1, 0.15) is 16.8 Å². The molecule has 1 heterocycles. The summed E-state index contributed by atoms with van der Waals surface area (Å²) in [5, 5.41) is 8.66. The Bertz CT molecular complexity index is 788. The van der Waals surface area contributed by atoms with Crippen LogP contribution in [0, 0.1) is 0 Å². The summed E-state index contributed by atoms with van der Waals surface area (Å²) in [6, 6.07) is 16.2. The molecule has 0 saturated carbocycles. The zero-order valence-corrected chi connectivity index (χ0v) is 15.5. The highest BCUT2D eigenvalue weighted by Gasteiger charge is 2.31. The molecule has 1 aliphatic heterocycles. The molecule has 1 N–H and O–H groups in total. The van der Waals surface area contributed by atoms with Crippen molar-refractivity contribution in [1.82, 2.24) is 4.90 Å². The SMILES string of the molecule is O=C(O)COc1cccc(C(=O)N2CC(OCCCOc3ccccc3)C2)c1. The summed E-state index contributed by atoms with van der Waals surface area (Å²) >= 11 is 0. The number of benzene rings is 2. The molecule has 0 spiro atoms. The van der Waals surface area contributed by atoms with Gasteiger partial charge in [-0.05, 0) is 30.3 Å². The van der Waals surface area contributed by atoms with Crippen LogP contribution in [-0.2, 0) is 9.53 Å². The van der Waals surface area contributed by atoms with Gasteiger partial charge in [0.2, 0.25) is 0 Å². The molecule has 7 nitrogen and oxygen atoms in total. The number of hydrogen-bond acceptors (Lipinski definition) is 5.